The molecule has 2 heterocycles. The largest absolute Gasteiger partial charge is 0.381 e. The summed E-state index contributed by atoms with van der Waals surface area (Å²) in [5.74, 6) is 2.23. The van der Waals surface area contributed by atoms with Crippen LogP contribution >= 0.6 is 0 Å². The first-order valence-electron chi connectivity index (χ1n) is 9.04. The van der Waals surface area contributed by atoms with Crippen LogP contribution in [0.25, 0.3) is 0 Å². The molecule has 3 aliphatic rings. The Bertz CT molecular complexity index is 346. The molecule has 0 aromatic carbocycles. The summed E-state index contributed by atoms with van der Waals surface area (Å²) in [4.78, 5) is 0. The zero-order valence-electron chi connectivity index (χ0n) is 13.9. The summed E-state index contributed by atoms with van der Waals surface area (Å²) in [6.07, 6.45) is 9.57. The minimum Gasteiger partial charge on any atom is -0.381 e. The van der Waals surface area contributed by atoms with Gasteiger partial charge in [-0.25, -0.2) is 0 Å². The SMILES string of the molecule is CC(C)C1CCCC(N)(C2CCOC3(CCOCC3)C2)C1. The number of rotatable bonds is 2. The Kier molecular flexibility index (Phi) is 4.63. The van der Waals surface area contributed by atoms with Gasteiger partial charge in [0.1, 0.15) is 0 Å². The van der Waals surface area contributed by atoms with Crippen molar-refractivity contribution in [1.82, 2.24) is 0 Å². The molecule has 0 aromatic heterocycles. The fraction of sp³-hybridized carbons (Fsp3) is 1.00. The van der Waals surface area contributed by atoms with Crippen molar-refractivity contribution in [2.75, 3.05) is 19.8 Å². The quantitative estimate of drug-likeness (QED) is 0.848. The summed E-state index contributed by atoms with van der Waals surface area (Å²) in [5, 5.41) is 0. The molecule has 0 bridgehead atoms. The summed E-state index contributed by atoms with van der Waals surface area (Å²) < 4.78 is 11.8. The third-order valence-corrected chi connectivity index (χ3v) is 6.51. The summed E-state index contributed by atoms with van der Waals surface area (Å²) in [5.41, 5.74) is 7.10. The van der Waals surface area contributed by atoms with Crippen molar-refractivity contribution in [1.29, 1.82) is 0 Å². The van der Waals surface area contributed by atoms with Crippen LogP contribution in [-0.4, -0.2) is 31.0 Å². The molecule has 2 N–H and O–H groups in total. The highest BCUT2D eigenvalue weighted by molar-refractivity contribution is 5.01. The lowest BCUT2D eigenvalue weighted by Gasteiger charge is -2.51. The van der Waals surface area contributed by atoms with Crippen LogP contribution in [0.1, 0.15) is 65.2 Å². The molecule has 0 aromatic rings. The van der Waals surface area contributed by atoms with Crippen LogP contribution in [0.15, 0.2) is 0 Å². The molecule has 0 radical (unpaired) electrons. The Morgan fingerprint density at radius 1 is 1.00 bits per heavy atom. The van der Waals surface area contributed by atoms with Gasteiger partial charge in [-0.2, -0.15) is 0 Å². The van der Waals surface area contributed by atoms with Gasteiger partial charge in [-0.15, -0.1) is 0 Å². The first-order valence-corrected chi connectivity index (χ1v) is 9.04. The smallest absolute Gasteiger partial charge is 0.0729 e. The van der Waals surface area contributed by atoms with Crippen molar-refractivity contribution >= 4 is 0 Å². The van der Waals surface area contributed by atoms with Gasteiger partial charge in [-0.1, -0.05) is 26.7 Å². The molecule has 3 rings (SSSR count). The lowest BCUT2D eigenvalue weighted by Crippen LogP contribution is -2.56. The Morgan fingerprint density at radius 3 is 2.48 bits per heavy atom. The second-order valence-electron chi connectivity index (χ2n) is 8.17. The van der Waals surface area contributed by atoms with E-state index in [2.05, 4.69) is 13.8 Å². The van der Waals surface area contributed by atoms with Crippen LogP contribution in [0.4, 0.5) is 0 Å². The Hall–Kier alpha value is -0.120. The maximum atomic E-state index is 6.97. The average molecular weight is 295 g/mol. The number of hydrogen-bond acceptors (Lipinski definition) is 3. The molecular weight excluding hydrogens is 262 g/mol. The molecule has 3 nitrogen and oxygen atoms in total. The Balaban J connectivity index is 1.69. The van der Waals surface area contributed by atoms with E-state index in [9.17, 15) is 0 Å². The van der Waals surface area contributed by atoms with E-state index < -0.39 is 0 Å². The normalized spacial score (nSPS) is 40.6. The zero-order valence-corrected chi connectivity index (χ0v) is 13.9. The van der Waals surface area contributed by atoms with E-state index in [1.54, 1.807) is 0 Å². The van der Waals surface area contributed by atoms with Crippen molar-refractivity contribution in [2.24, 2.45) is 23.5 Å². The summed E-state index contributed by atoms with van der Waals surface area (Å²) in [6, 6.07) is 0. The van der Waals surface area contributed by atoms with Gasteiger partial charge in [0.05, 0.1) is 5.60 Å². The first kappa shape index (κ1) is 15.8. The molecule has 2 saturated heterocycles. The third-order valence-electron chi connectivity index (χ3n) is 6.51. The molecule has 3 unspecified atom stereocenters. The molecule has 1 aliphatic carbocycles. The van der Waals surface area contributed by atoms with Crippen LogP contribution in [0.2, 0.25) is 0 Å². The molecule has 1 saturated carbocycles. The number of ether oxygens (including phenoxy) is 2. The monoisotopic (exact) mass is 295 g/mol. The van der Waals surface area contributed by atoms with Crippen LogP contribution in [0.3, 0.4) is 0 Å². The second-order valence-corrected chi connectivity index (χ2v) is 8.17. The molecular formula is C18H33NO2. The van der Waals surface area contributed by atoms with Gasteiger partial charge in [-0.3, -0.25) is 0 Å². The minimum absolute atomic E-state index is 0.0578. The first-order chi connectivity index (χ1) is 10.0. The lowest BCUT2D eigenvalue weighted by atomic mass is 9.63. The predicted octanol–water partition coefficient (Wildman–Crippen LogP) is 3.51. The van der Waals surface area contributed by atoms with E-state index in [-0.39, 0.29) is 11.1 Å². The van der Waals surface area contributed by atoms with Crippen LogP contribution in [0.5, 0.6) is 0 Å². The summed E-state index contributed by atoms with van der Waals surface area (Å²) in [7, 11) is 0. The molecule has 3 heteroatoms. The van der Waals surface area contributed by atoms with E-state index in [1.165, 1.54) is 25.7 Å². The molecule has 2 aliphatic heterocycles. The average Bonchev–Trinajstić information content (AvgIpc) is 2.48. The Labute approximate surface area is 129 Å². The van der Waals surface area contributed by atoms with Crippen LogP contribution in [0, 0.1) is 17.8 Å². The van der Waals surface area contributed by atoms with Gasteiger partial charge in [0, 0.05) is 25.4 Å². The van der Waals surface area contributed by atoms with Crippen molar-refractivity contribution in [3.63, 3.8) is 0 Å². The van der Waals surface area contributed by atoms with Gasteiger partial charge in [-0.05, 0) is 56.3 Å². The van der Waals surface area contributed by atoms with Gasteiger partial charge in [0.15, 0.2) is 0 Å². The van der Waals surface area contributed by atoms with Gasteiger partial charge in [0.25, 0.3) is 0 Å². The van der Waals surface area contributed by atoms with Gasteiger partial charge < -0.3 is 15.2 Å². The van der Waals surface area contributed by atoms with E-state index in [1.807, 2.05) is 0 Å². The predicted molar refractivity (Wildman–Crippen MR) is 85.2 cm³/mol. The third kappa shape index (κ3) is 3.30. The van der Waals surface area contributed by atoms with Crippen molar-refractivity contribution in [2.45, 2.75) is 76.4 Å². The van der Waals surface area contributed by atoms with E-state index in [0.717, 1.165) is 57.3 Å². The number of hydrogen-bond donors (Lipinski definition) is 1. The maximum absolute atomic E-state index is 6.97. The van der Waals surface area contributed by atoms with Crippen LogP contribution < -0.4 is 5.73 Å². The van der Waals surface area contributed by atoms with E-state index >= 15 is 0 Å². The van der Waals surface area contributed by atoms with Gasteiger partial charge in [0.2, 0.25) is 0 Å². The topological polar surface area (TPSA) is 44.5 Å². The highest BCUT2D eigenvalue weighted by Gasteiger charge is 2.47. The highest BCUT2D eigenvalue weighted by Crippen LogP contribution is 2.46. The fourth-order valence-electron chi connectivity index (χ4n) is 4.94. The van der Waals surface area contributed by atoms with Crippen molar-refractivity contribution in [3.8, 4) is 0 Å². The lowest BCUT2D eigenvalue weighted by molar-refractivity contribution is -0.157. The van der Waals surface area contributed by atoms with Gasteiger partial charge >= 0.3 is 0 Å². The zero-order chi connectivity index (χ0) is 14.9. The standard InChI is InChI=1S/C18H33NO2/c1-14(2)15-4-3-6-18(19,12-15)16-5-9-21-17(13-16)7-10-20-11-8-17/h14-16H,3-13,19H2,1-2H3. The van der Waals surface area contributed by atoms with E-state index in [0.29, 0.717) is 5.92 Å². The maximum Gasteiger partial charge on any atom is 0.0729 e. The second kappa shape index (κ2) is 6.17. The fourth-order valence-corrected chi connectivity index (χ4v) is 4.94. The molecule has 3 fully saturated rings. The molecule has 0 amide bonds. The van der Waals surface area contributed by atoms with E-state index in [4.69, 9.17) is 15.2 Å². The molecule has 1 spiro atoms. The highest BCUT2D eigenvalue weighted by atomic mass is 16.5. The molecule has 3 atom stereocenters. The van der Waals surface area contributed by atoms with Crippen molar-refractivity contribution < 1.29 is 9.47 Å². The summed E-state index contributed by atoms with van der Waals surface area (Å²) >= 11 is 0. The number of nitrogens with two attached hydrogens (primary N) is 1. The molecule has 21 heavy (non-hydrogen) atoms. The Morgan fingerprint density at radius 2 is 1.76 bits per heavy atom. The van der Waals surface area contributed by atoms with Crippen LogP contribution in [-0.2, 0) is 9.47 Å². The minimum atomic E-state index is 0.0578. The molecule has 122 valence electrons. The van der Waals surface area contributed by atoms with Crippen molar-refractivity contribution in [3.05, 3.63) is 0 Å². The summed E-state index contributed by atoms with van der Waals surface area (Å²) in [6.45, 7) is 7.34.